The van der Waals surface area contributed by atoms with Crippen LogP contribution in [0.15, 0.2) is 79.1 Å². The highest BCUT2D eigenvalue weighted by Crippen LogP contribution is 2.28. The number of allylic oxidation sites excluding steroid dienone is 1. The molecule has 1 unspecified atom stereocenters. The number of anilines is 3. The highest BCUT2D eigenvalue weighted by Gasteiger charge is 2.38. The lowest BCUT2D eigenvalue weighted by Gasteiger charge is -2.26. The predicted octanol–water partition coefficient (Wildman–Crippen LogP) is 4.79. The fourth-order valence-corrected chi connectivity index (χ4v) is 3.85. The predicted molar refractivity (Wildman–Crippen MR) is 155 cm³/mol. The summed E-state index contributed by atoms with van der Waals surface area (Å²) >= 11 is 0. The zero-order valence-electron chi connectivity index (χ0n) is 21.9. The molecule has 0 spiro atoms. The van der Waals surface area contributed by atoms with E-state index in [-0.39, 0.29) is 29.2 Å². The summed E-state index contributed by atoms with van der Waals surface area (Å²) in [7, 11) is 6.09. The molecule has 13 heteroatoms. The fraction of sp³-hybridized carbons (Fsp3) is 0.185. The normalized spacial score (nSPS) is 12.8. The molecule has 0 aliphatic carbocycles. The Morgan fingerprint density at radius 3 is 2.50 bits per heavy atom. The molecule has 210 valence electrons. The number of rotatable bonds is 7. The van der Waals surface area contributed by atoms with Crippen molar-refractivity contribution in [1.29, 1.82) is 10.7 Å². The van der Waals surface area contributed by atoms with Crippen LogP contribution in [0.1, 0.15) is 5.56 Å². The molecule has 2 N–H and O–H groups in total. The number of amides is 1. The maximum Gasteiger partial charge on any atom is 0.435 e. The summed E-state index contributed by atoms with van der Waals surface area (Å²) in [6.07, 6.45) is -2.73. The van der Waals surface area contributed by atoms with Gasteiger partial charge in [0.25, 0.3) is 5.91 Å². The Morgan fingerprint density at radius 1 is 1.27 bits per heavy atom. The van der Waals surface area contributed by atoms with Crippen LogP contribution in [0.5, 0.6) is 0 Å². The quantitative estimate of drug-likeness (QED) is 0.163. The van der Waals surface area contributed by atoms with E-state index < -0.39 is 23.6 Å². The number of alkyl halides is 3. The van der Waals surface area contributed by atoms with Gasteiger partial charge >= 0.3 is 6.18 Å². The Balaban J connectivity index is 0.00000274. The van der Waals surface area contributed by atoms with E-state index >= 15 is 0 Å². The highest BCUT2D eigenvalue weighted by atomic mass is 31.0. The van der Waals surface area contributed by atoms with Crippen LogP contribution < -0.4 is 20.5 Å². The topological polar surface area (TPSA) is 98.8 Å². The minimum absolute atomic E-state index is 0.0175. The van der Waals surface area contributed by atoms with Gasteiger partial charge in [-0.3, -0.25) is 15.2 Å². The van der Waals surface area contributed by atoms with Gasteiger partial charge in [0.2, 0.25) is 0 Å². The van der Waals surface area contributed by atoms with Crippen molar-refractivity contribution in [2.45, 2.75) is 6.18 Å². The Labute approximate surface area is 232 Å². The first-order valence-electron chi connectivity index (χ1n) is 11.5. The molecule has 3 rings (SSSR count). The number of hydrazone groups is 1. The summed E-state index contributed by atoms with van der Waals surface area (Å²) in [4.78, 5) is 16.4. The van der Waals surface area contributed by atoms with Gasteiger partial charge < -0.3 is 15.1 Å². The van der Waals surface area contributed by atoms with Crippen molar-refractivity contribution in [3.63, 3.8) is 0 Å². The smallest absolute Gasteiger partial charge is 0.322 e. The van der Waals surface area contributed by atoms with E-state index in [0.29, 0.717) is 29.3 Å². The lowest BCUT2D eigenvalue weighted by molar-refractivity contribution is -0.112. The number of carbonyl (C=O) groups is 1. The second-order valence-corrected chi connectivity index (χ2v) is 9.07. The molecule has 2 aromatic rings. The van der Waals surface area contributed by atoms with Crippen LogP contribution in [0, 0.1) is 22.6 Å². The maximum absolute atomic E-state index is 13.7. The van der Waals surface area contributed by atoms with Crippen molar-refractivity contribution in [2.24, 2.45) is 5.10 Å². The average molecular weight is 574 g/mol. The van der Waals surface area contributed by atoms with Crippen LogP contribution in [-0.4, -0.2) is 55.7 Å². The molecule has 2 aromatic carbocycles. The number of nitriles is 1. The van der Waals surface area contributed by atoms with E-state index in [1.54, 1.807) is 29.2 Å². The third kappa shape index (κ3) is 7.85. The van der Waals surface area contributed by atoms with Gasteiger partial charge in [-0.1, -0.05) is 6.58 Å². The standard InChI is InChI=1S/C25H24F4N7OP.C2H4/c1-4-35(23(31)14-34(2)3)17-6-8-20(21(38)11-17)32-24(37)16-10-22(25(27,28)29)33-36(13-16)18-5-7-19(26)15(9-18)12-30;1-2/h4-11,31H,1,13-14,38H2,2-3H3,(H,32,37);1-2H2. The van der Waals surface area contributed by atoms with E-state index in [1.807, 2.05) is 19.0 Å². The van der Waals surface area contributed by atoms with Gasteiger partial charge in [0.05, 0.1) is 24.3 Å². The largest absolute Gasteiger partial charge is 0.435 e. The van der Waals surface area contributed by atoms with Gasteiger partial charge in [-0.25, -0.2) is 4.39 Å². The summed E-state index contributed by atoms with van der Waals surface area (Å²) in [5.41, 5.74) is -0.989. The zero-order valence-corrected chi connectivity index (χ0v) is 23.0. The third-order valence-corrected chi connectivity index (χ3v) is 5.79. The molecule has 0 bridgehead atoms. The van der Waals surface area contributed by atoms with Crippen molar-refractivity contribution in [3.05, 3.63) is 85.4 Å². The van der Waals surface area contributed by atoms with Gasteiger partial charge in [0, 0.05) is 23.1 Å². The van der Waals surface area contributed by atoms with Gasteiger partial charge in [-0.15, -0.1) is 22.4 Å². The van der Waals surface area contributed by atoms with E-state index in [4.69, 9.17) is 10.7 Å². The molecule has 1 heterocycles. The van der Waals surface area contributed by atoms with Crippen molar-refractivity contribution in [3.8, 4) is 6.07 Å². The van der Waals surface area contributed by atoms with Gasteiger partial charge in [-0.2, -0.15) is 23.5 Å². The summed E-state index contributed by atoms with van der Waals surface area (Å²) in [5.74, 6) is -1.37. The number of hydrogen-bond donors (Lipinski definition) is 2. The number of nitrogens with one attached hydrogen (secondary N) is 2. The minimum atomic E-state index is -4.86. The lowest BCUT2D eigenvalue weighted by Crippen LogP contribution is -2.36. The molecule has 0 saturated carbocycles. The number of hydrogen-bond acceptors (Lipinski definition) is 6. The van der Waals surface area contributed by atoms with E-state index in [2.05, 4.69) is 39.4 Å². The molecule has 1 atom stereocenters. The molecular formula is C27H28F4N7OP. The van der Waals surface area contributed by atoms with Crippen LogP contribution in [-0.2, 0) is 4.79 Å². The first kappa shape index (κ1) is 31.9. The van der Waals surface area contributed by atoms with Crippen LogP contribution in [0.25, 0.3) is 0 Å². The first-order chi connectivity index (χ1) is 18.8. The molecule has 0 radical (unpaired) electrons. The first-order valence-corrected chi connectivity index (χ1v) is 12.1. The Morgan fingerprint density at radius 2 is 1.95 bits per heavy atom. The number of carbonyl (C=O) groups excluding carboxylic acids is 1. The van der Waals surface area contributed by atoms with Crippen molar-refractivity contribution < 1.29 is 22.4 Å². The van der Waals surface area contributed by atoms with Crippen molar-refractivity contribution in [1.82, 2.24) is 4.90 Å². The summed E-state index contributed by atoms with van der Waals surface area (Å²) < 4.78 is 54.5. The molecule has 0 fully saturated rings. The number of benzene rings is 2. The van der Waals surface area contributed by atoms with Gasteiger partial charge in [-0.05, 0) is 61.9 Å². The van der Waals surface area contributed by atoms with E-state index in [1.165, 1.54) is 12.3 Å². The van der Waals surface area contributed by atoms with Crippen molar-refractivity contribution in [2.75, 3.05) is 42.4 Å². The van der Waals surface area contributed by atoms with Crippen LogP contribution in [0.3, 0.4) is 0 Å². The molecule has 1 aliphatic rings. The van der Waals surface area contributed by atoms with Gasteiger partial charge in [0.1, 0.15) is 17.7 Å². The number of amidine groups is 1. The number of likely N-dealkylation sites (N-methyl/N-ethyl adjacent to an activating group) is 1. The highest BCUT2D eigenvalue weighted by molar-refractivity contribution is 7.28. The SMILES string of the molecule is C=C.C=CN(C(=N)CN(C)C)c1ccc(NC(=O)C2=CC(C(F)(F)F)=NN(c3ccc(F)c(C#N)c3)C2)c(P)c1. The monoisotopic (exact) mass is 573 g/mol. The molecule has 1 amide bonds. The summed E-state index contributed by atoms with van der Waals surface area (Å²) in [5, 5.41) is 24.9. The van der Waals surface area contributed by atoms with Crippen molar-refractivity contribution >= 4 is 49.1 Å². The zero-order chi connectivity index (χ0) is 30.2. The average Bonchev–Trinajstić information content (AvgIpc) is 2.90. The Kier molecular flexibility index (Phi) is 10.9. The summed E-state index contributed by atoms with van der Waals surface area (Å²) in [6.45, 7) is 9.74. The maximum atomic E-state index is 13.7. The van der Waals surface area contributed by atoms with Crippen LogP contribution in [0.2, 0.25) is 0 Å². The molecule has 1 aliphatic heterocycles. The third-order valence-electron chi connectivity index (χ3n) is 5.31. The molecular weight excluding hydrogens is 545 g/mol. The molecule has 40 heavy (non-hydrogen) atoms. The Hall–Kier alpha value is -4.33. The second kappa shape index (κ2) is 13.6. The molecule has 8 nitrogen and oxygen atoms in total. The van der Waals surface area contributed by atoms with E-state index in [0.717, 1.165) is 17.1 Å². The number of nitrogens with zero attached hydrogens (tertiary/aromatic N) is 5. The minimum Gasteiger partial charge on any atom is -0.322 e. The van der Waals surface area contributed by atoms with E-state index in [9.17, 15) is 22.4 Å². The summed E-state index contributed by atoms with van der Waals surface area (Å²) in [6, 6.07) is 9.69. The number of halogens is 4. The second-order valence-electron chi connectivity index (χ2n) is 8.45. The van der Waals surface area contributed by atoms with Crippen LogP contribution in [0.4, 0.5) is 34.6 Å². The lowest BCUT2D eigenvalue weighted by atomic mass is 10.1. The van der Waals surface area contributed by atoms with Gasteiger partial charge in [0.15, 0.2) is 5.71 Å². The molecule has 0 saturated heterocycles. The molecule has 0 aromatic heterocycles. The van der Waals surface area contributed by atoms with Crippen LogP contribution >= 0.6 is 9.24 Å². The Bertz CT molecular complexity index is 1400. The fourth-order valence-electron chi connectivity index (χ4n) is 3.51.